The number of anilines is 1. The lowest BCUT2D eigenvalue weighted by atomic mass is 10.1. The number of aromatic nitrogens is 1. The third-order valence-electron chi connectivity index (χ3n) is 3.01. The van der Waals surface area contributed by atoms with Gasteiger partial charge in [-0.2, -0.15) is 0 Å². The Morgan fingerprint density at radius 2 is 1.75 bits per heavy atom. The molecule has 1 aromatic carbocycles. The van der Waals surface area contributed by atoms with Crippen LogP contribution in [0.2, 0.25) is 0 Å². The van der Waals surface area contributed by atoms with E-state index in [-0.39, 0.29) is 18.3 Å². The fraction of sp³-hybridized carbons (Fsp3) is 0.200. The van der Waals surface area contributed by atoms with Gasteiger partial charge in [0.1, 0.15) is 5.75 Å². The molecule has 4 nitrogen and oxygen atoms in total. The summed E-state index contributed by atoms with van der Waals surface area (Å²) in [6.07, 6.45) is 3.18. The van der Waals surface area contributed by atoms with Gasteiger partial charge >= 0.3 is 0 Å². The molecule has 2 aromatic rings. The maximum atomic E-state index is 12.1. The third-order valence-corrected chi connectivity index (χ3v) is 3.01. The summed E-state index contributed by atoms with van der Waals surface area (Å²) in [6, 6.07) is 7.16. The summed E-state index contributed by atoms with van der Waals surface area (Å²) in [6.45, 7) is 4.00. The van der Waals surface area contributed by atoms with Gasteiger partial charge in [-0.15, -0.1) is 12.4 Å². The molecule has 0 saturated carbocycles. The highest BCUT2D eigenvalue weighted by atomic mass is 35.5. The number of rotatable bonds is 3. The van der Waals surface area contributed by atoms with Crippen LogP contribution < -0.4 is 10.1 Å². The number of nitrogens with one attached hydrogen (secondary N) is 1. The topological polar surface area (TPSA) is 51.2 Å². The Bertz CT molecular complexity index is 600. The highest BCUT2D eigenvalue weighted by Gasteiger charge is 2.10. The molecule has 0 spiro atoms. The predicted molar refractivity (Wildman–Crippen MR) is 81.9 cm³/mol. The van der Waals surface area contributed by atoms with E-state index in [9.17, 15) is 4.79 Å². The Morgan fingerprint density at radius 3 is 2.35 bits per heavy atom. The van der Waals surface area contributed by atoms with Crippen molar-refractivity contribution in [1.29, 1.82) is 0 Å². The van der Waals surface area contributed by atoms with Gasteiger partial charge in [-0.05, 0) is 49.2 Å². The monoisotopic (exact) mass is 292 g/mol. The summed E-state index contributed by atoms with van der Waals surface area (Å²) in [4.78, 5) is 16.0. The number of hydrogen-bond donors (Lipinski definition) is 1. The smallest absolute Gasteiger partial charge is 0.255 e. The summed E-state index contributed by atoms with van der Waals surface area (Å²) in [5, 5.41) is 2.85. The molecular formula is C15H17ClN2O2. The second-order valence-electron chi connectivity index (χ2n) is 4.33. The van der Waals surface area contributed by atoms with Crippen LogP contribution in [0.1, 0.15) is 21.5 Å². The number of aryl methyl sites for hydroxylation is 2. The maximum absolute atomic E-state index is 12.1. The van der Waals surface area contributed by atoms with Crippen LogP contribution in [0.25, 0.3) is 0 Å². The quantitative estimate of drug-likeness (QED) is 0.943. The molecule has 0 aliphatic heterocycles. The first-order chi connectivity index (χ1) is 9.11. The van der Waals surface area contributed by atoms with Crippen molar-refractivity contribution in [1.82, 2.24) is 4.98 Å². The van der Waals surface area contributed by atoms with E-state index < -0.39 is 0 Å². The average molecular weight is 293 g/mol. The number of carbonyl (C=O) groups is 1. The van der Waals surface area contributed by atoms with Gasteiger partial charge in [0.15, 0.2) is 0 Å². The summed E-state index contributed by atoms with van der Waals surface area (Å²) < 4.78 is 5.29. The van der Waals surface area contributed by atoms with Crippen molar-refractivity contribution >= 4 is 24.0 Å². The van der Waals surface area contributed by atoms with Gasteiger partial charge in [-0.25, -0.2) is 0 Å². The van der Waals surface area contributed by atoms with Gasteiger partial charge in [-0.1, -0.05) is 0 Å². The minimum atomic E-state index is -0.177. The molecule has 1 heterocycles. The van der Waals surface area contributed by atoms with Crippen LogP contribution in [0.15, 0.2) is 36.7 Å². The van der Waals surface area contributed by atoms with Crippen LogP contribution in [0.3, 0.4) is 0 Å². The zero-order valence-corrected chi connectivity index (χ0v) is 12.5. The van der Waals surface area contributed by atoms with E-state index in [0.717, 1.165) is 11.1 Å². The Labute approximate surface area is 124 Å². The van der Waals surface area contributed by atoms with Crippen LogP contribution in [-0.4, -0.2) is 18.0 Å². The number of amides is 1. The third kappa shape index (κ3) is 3.48. The second kappa shape index (κ2) is 6.91. The number of nitrogens with zero attached hydrogens (tertiary/aromatic N) is 1. The summed E-state index contributed by atoms with van der Waals surface area (Å²) in [7, 11) is 1.59. The normalized spacial score (nSPS) is 9.55. The van der Waals surface area contributed by atoms with Crippen molar-refractivity contribution < 1.29 is 9.53 Å². The van der Waals surface area contributed by atoms with Crippen LogP contribution >= 0.6 is 12.4 Å². The molecule has 106 valence electrons. The first-order valence-corrected chi connectivity index (χ1v) is 5.98. The van der Waals surface area contributed by atoms with E-state index in [1.165, 1.54) is 0 Å². The predicted octanol–water partition coefficient (Wildman–Crippen LogP) is 3.38. The number of ether oxygens (including phenoxy) is 1. The van der Waals surface area contributed by atoms with E-state index >= 15 is 0 Å². The van der Waals surface area contributed by atoms with Gasteiger partial charge in [-0.3, -0.25) is 9.78 Å². The van der Waals surface area contributed by atoms with Gasteiger partial charge in [0.2, 0.25) is 0 Å². The van der Waals surface area contributed by atoms with Crippen LogP contribution in [0.5, 0.6) is 5.75 Å². The highest BCUT2D eigenvalue weighted by Crippen LogP contribution is 2.28. The van der Waals surface area contributed by atoms with Crippen molar-refractivity contribution in [2.24, 2.45) is 0 Å². The van der Waals surface area contributed by atoms with Crippen LogP contribution in [0.4, 0.5) is 5.69 Å². The number of hydrogen-bond acceptors (Lipinski definition) is 3. The van der Waals surface area contributed by atoms with Crippen LogP contribution in [0, 0.1) is 13.8 Å². The second-order valence-corrected chi connectivity index (χ2v) is 4.33. The zero-order chi connectivity index (χ0) is 13.8. The number of methoxy groups -OCH3 is 1. The van der Waals surface area contributed by atoms with Crippen molar-refractivity contribution in [2.75, 3.05) is 12.4 Å². The standard InChI is InChI=1S/C15H16N2O2.ClH/c1-10-8-13(14(19-3)9-11(10)2)17-15(18)12-4-6-16-7-5-12;/h4-9H,1-3H3,(H,17,18);1H. The number of carbonyl (C=O) groups excluding carboxylic acids is 1. The van der Waals surface area contributed by atoms with Crippen molar-refractivity contribution in [3.8, 4) is 5.75 Å². The molecule has 5 heteroatoms. The fourth-order valence-corrected chi connectivity index (χ4v) is 1.75. The molecule has 1 amide bonds. The Hall–Kier alpha value is -2.07. The van der Waals surface area contributed by atoms with E-state index in [1.807, 2.05) is 26.0 Å². The molecule has 0 saturated heterocycles. The molecule has 1 N–H and O–H groups in total. The Kier molecular flexibility index (Phi) is 5.53. The molecule has 0 radical (unpaired) electrons. The summed E-state index contributed by atoms with van der Waals surface area (Å²) in [5.41, 5.74) is 3.47. The summed E-state index contributed by atoms with van der Waals surface area (Å²) in [5.74, 6) is 0.481. The van der Waals surface area contributed by atoms with Gasteiger partial charge < -0.3 is 10.1 Å². The lowest BCUT2D eigenvalue weighted by Crippen LogP contribution is -2.13. The average Bonchev–Trinajstić information content (AvgIpc) is 2.43. The van der Waals surface area contributed by atoms with Crippen molar-refractivity contribution in [2.45, 2.75) is 13.8 Å². The molecule has 0 fully saturated rings. The molecule has 0 atom stereocenters. The fourth-order valence-electron chi connectivity index (χ4n) is 1.75. The zero-order valence-electron chi connectivity index (χ0n) is 11.6. The molecule has 0 bridgehead atoms. The van der Waals surface area contributed by atoms with Crippen molar-refractivity contribution in [3.63, 3.8) is 0 Å². The minimum Gasteiger partial charge on any atom is -0.495 e. The van der Waals surface area contributed by atoms with E-state index in [1.54, 1.807) is 31.6 Å². The first kappa shape index (κ1) is 16.0. The molecular weight excluding hydrogens is 276 g/mol. The minimum absolute atomic E-state index is 0. The van der Waals surface area contributed by atoms with Gasteiger partial charge in [0.05, 0.1) is 12.8 Å². The SMILES string of the molecule is COc1cc(C)c(C)cc1NC(=O)c1ccncc1.Cl. The number of benzene rings is 1. The Morgan fingerprint density at radius 1 is 1.15 bits per heavy atom. The van der Waals surface area contributed by atoms with Crippen molar-refractivity contribution in [3.05, 3.63) is 53.3 Å². The molecule has 0 unspecified atom stereocenters. The van der Waals surface area contributed by atoms with E-state index in [2.05, 4.69) is 10.3 Å². The number of pyridine rings is 1. The maximum Gasteiger partial charge on any atom is 0.255 e. The van der Waals surface area contributed by atoms with Gasteiger partial charge in [0, 0.05) is 18.0 Å². The van der Waals surface area contributed by atoms with E-state index in [0.29, 0.717) is 17.0 Å². The lowest BCUT2D eigenvalue weighted by molar-refractivity contribution is 0.102. The van der Waals surface area contributed by atoms with E-state index in [4.69, 9.17) is 4.74 Å². The largest absolute Gasteiger partial charge is 0.495 e. The van der Waals surface area contributed by atoms with Gasteiger partial charge in [0.25, 0.3) is 5.91 Å². The molecule has 2 rings (SSSR count). The summed E-state index contributed by atoms with van der Waals surface area (Å²) >= 11 is 0. The molecule has 20 heavy (non-hydrogen) atoms. The lowest BCUT2D eigenvalue weighted by Gasteiger charge is -2.12. The molecule has 0 aliphatic carbocycles. The first-order valence-electron chi connectivity index (χ1n) is 5.98. The van der Waals surface area contributed by atoms with Crippen LogP contribution in [-0.2, 0) is 0 Å². The number of halogens is 1. The Balaban J connectivity index is 0.00000200. The molecule has 0 aliphatic rings. The highest BCUT2D eigenvalue weighted by molar-refractivity contribution is 6.05. The molecule has 1 aromatic heterocycles.